The maximum absolute atomic E-state index is 13.4. The molecule has 2 aromatic carbocycles. The summed E-state index contributed by atoms with van der Waals surface area (Å²) < 4.78 is 73.1. The number of hydrogen-bond acceptors (Lipinski definition) is 6. The second-order valence-corrected chi connectivity index (χ2v) is 8.86. The summed E-state index contributed by atoms with van der Waals surface area (Å²) in [4.78, 5) is 11.7. The van der Waals surface area contributed by atoms with E-state index in [4.69, 9.17) is 9.84 Å². The number of nitrogens with zero attached hydrogens (tertiary/aromatic N) is 4. The van der Waals surface area contributed by atoms with Crippen LogP contribution < -0.4 is 14.4 Å². The van der Waals surface area contributed by atoms with Crippen LogP contribution in [0.1, 0.15) is 5.56 Å². The Hall–Kier alpha value is -3.81. The van der Waals surface area contributed by atoms with Crippen LogP contribution in [0.5, 0.6) is 5.75 Å². The number of anilines is 2. The first-order valence-electron chi connectivity index (χ1n) is 9.39. The molecule has 0 aliphatic carbocycles. The van der Waals surface area contributed by atoms with E-state index in [1.165, 1.54) is 35.4 Å². The number of aromatic nitrogens is 3. The highest BCUT2D eigenvalue weighted by Gasteiger charge is 2.37. The summed E-state index contributed by atoms with van der Waals surface area (Å²) in [6.07, 6.45) is -4.03. The van der Waals surface area contributed by atoms with Gasteiger partial charge in [-0.2, -0.15) is 28.2 Å². The third-order valence-corrected chi connectivity index (χ3v) is 6.50. The third-order valence-electron chi connectivity index (χ3n) is 4.72. The summed E-state index contributed by atoms with van der Waals surface area (Å²) in [6, 6.07) is 7.36. The Morgan fingerprint density at radius 1 is 1.18 bits per heavy atom. The van der Waals surface area contributed by atoms with Crippen molar-refractivity contribution in [3.8, 4) is 5.75 Å². The Labute approximate surface area is 185 Å². The van der Waals surface area contributed by atoms with E-state index in [0.29, 0.717) is 6.07 Å². The van der Waals surface area contributed by atoms with E-state index < -0.39 is 38.9 Å². The molecule has 174 valence electrons. The van der Waals surface area contributed by atoms with Crippen LogP contribution >= 0.6 is 0 Å². The molecule has 4 rings (SSSR count). The zero-order valence-electron chi connectivity index (χ0n) is 16.6. The lowest BCUT2D eigenvalue weighted by atomic mass is 10.2. The number of alkyl halides is 3. The molecule has 0 saturated carbocycles. The van der Waals surface area contributed by atoms with Crippen LogP contribution in [-0.2, 0) is 22.7 Å². The number of amides is 1. The predicted molar refractivity (Wildman–Crippen MR) is 109 cm³/mol. The van der Waals surface area contributed by atoms with Crippen molar-refractivity contribution in [1.29, 1.82) is 0 Å². The number of halogens is 3. The predicted octanol–water partition coefficient (Wildman–Crippen LogP) is 3.04. The van der Waals surface area contributed by atoms with Gasteiger partial charge in [0.2, 0.25) is 0 Å². The zero-order valence-corrected chi connectivity index (χ0v) is 17.4. The second kappa shape index (κ2) is 8.27. The smallest absolute Gasteiger partial charge is 0.416 e. The molecular formula is C19H16F3N5O5S. The first kappa shape index (κ1) is 22.4. The Balaban J connectivity index is 1.78. The molecule has 0 saturated heterocycles. The van der Waals surface area contributed by atoms with Crippen molar-refractivity contribution in [2.45, 2.75) is 23.7 Å². The summed E-state index contributed by atoms with van der Waals surface area (Å²) in [7, 11) is -4.49. The minimum Gasteiger partial charge on any atom is -0.484 e. The average molecular weight is 483 g/mol. The fourth-order valence-electron chi connectivity index (χ4n) is 3.32. The Morgan fingerprint density at radius 3 is 2.58 bits per heavy atom. The van der Waals surface area contributed by atoms with Gasteiger partial charge in [-0.1, -0.05) is 6.07 Å². The standard InChI is InChI=1S/C19H16F3N5O5S/c20-19(21,22)12-2-1-3-15(8-12)33(30,31)26-10-14(11-27-23-6-7-24-27)32-17-5-4-13(9-16(17)26)25-18(28)29/h1-9,14,25H,10-11H2,(H,28,29). The number of ether oxygens (including phenoxy) is 1. The van der Waals surface area contributed by atoms with Gasteiger partial charge in [0.05, 0.1) is 41.6 Å². The summed E-state index contributed by atoms with van der Waals surface area (Å²) in [5.41, 5.74) is -1.08. The monoisotopic (exact) mass is 483 g/mol. The largest absolute Gasteiger partial charge is 0.484 e. The van der Waals surface area contributed by atoms with Crippen LogP contribution in [0.15, 0.2) is 59.8 Å². The molecule has 1 amide bonds. The molecule has 0 fully saturated rings. The van der Waals surface area contributed by atoms with Crippen molar-refractivity contribution in [2.75, 3.05) is 16.2 Å². The van der Waals surface area contributed by atoms with Crippen LogP contribution in [-0.4, -0.2) is 47.3 Å². The van der Waals surface area contributed by atoms with Gasteiger partial charge in [0.1, 0.15) is 11.9 Å². The molecule has 33 heavy (non-hydrogen) atoms. The molecule has 2 N–H and O–H groups in total. The molecule has 3 aromatic rings. The summed E-state index contributed by atoms with van der Waals surface area (Å²) in [5, 5.41) is 19.0. The van der Waals surface area contributed by atoms with Gasteiger partial charge in [0.15, 0.2) is 0 Å². The quantitative estimate of drug-likeness (QED) is 0.571. The van der Waals surface area contributed by atoms with Crippen molar-refractivity contribution in [1.82, 2.24) is 15.0 Å². The van der Waals surface area contributed by atoms with Crippen LogP contribution in [0.2, 0.25) is 0 Å². The van der Waals surface area contributed by atoms with Gasteiger partial charge in [-0.15, -0.1) is 0 Å². The minimum atomic E-state index is -4.73. The van der Waals surface area contributed by atoms with E-state index in [-0.39, 0.29) is 30.2 Å². The SMILES string of the molecule is O=C(O)Nc1ccc2c(c1)N(S(=O)(=O)c1cccc(C(F)(F)F)c1)CC(Cn1nccn1)O2. The molecule has 14 heteroatoms. The number of fused-ring (bicyclic) bond motifs is 1. The van der Waals surface area contributed by atoms with Gasteiger partial charge in [0, 0.05) is 5.69 Å². The van der Waals surface area contributed by atoms with Crippen molar-refractivity contribution >= 4 is 27.5 Å². The first-order valence-corrected chi connectivity index (χ1v) is 10.8. The van der Waals surface area contributed by atoms with E-state index >= 15 is 0 Å². The number of rotatable bonds is 5. The molecule has 0 spiro atoms. The van der Waals surface area contributed by atoms with Gasteiger partial charge < -0.3 is 9.84 Å². The molecule has 2 heterocycles. The average Bonchev–Trinajstić information content (AvgIpc) is 3.25. The van der Waals surface area contributed by atoms with E-state index in [2.05, 4.69) is 15.5 Å². The van der Waals surface area contributed by atoms with Crippen LogP contribution in [0.3, 0.4) is 0 Å². The topological polar surface area (TPSA) is 127 Å². The summed E-state index contributed by atoms with van der Waals surface area (Å²) in [6.45, 7) is -0.209. The first-order chi connectivity index (χ1) is 15.5. The third kappa shape index (κ3) is 4.69. The zero-order chi connectivity index (χ0) is 23.8. The van der Waals surface area contributed by atoms with E-state index in [1.54, 1.807) is 0 Å². The Kier molecular flexibility index (Phi) is 5.61. The maximum atomic E-state index is 13.4. The van der Waals surface area contributed by atoms with Crippen molar-refractivity contribution in [2.24, 2.45) is 0 Å². The molecule has 1 aliphatic rings. The molecule has 1 unspecified atom stereocenters. The van der Waals surface area contributed by atoms with Gasteiger partial charge in [-0.25, -0.2) is 13.2 Å². The van der Waals surface area contributed by atoms with E-state index in [9.17, 15) is 26.4 Å². The Bertz CT molecular complexity index is 1280. The number of sulfonamides is 1. The van der Waals surface area contributed by atoms with Gasteiger partial charge in [-0.05, 0) is 36.4 Å². The van der Waals surface area contributed by atoms with Gasteiger partial charge in [-0.3, -0.25) is 9.62 Å². The minimum absolute atomic E-state index is 0.0247. The fraction of sp³-hybridized carbons (Fsp3) is 0.211. The summed E-state index contributed by atoms with van der Waals surface area (Å²) in [5.74, 6) is 0.102. The van der Waals surface area contributed by atoms with Gasteiger partial charge in [0.25, 0.3) is 10.0 Å². The highest BCUT2D eigenvalue weighted by molar-refractivity contribution is 7.92. The van der Waals surface area contributed by atoms with Crippen molar-refractivity contribution in [3.63, 3.8) is 0 Å². The highest BCUT2D eigenvalue weighted by atomic mass is 32.2. The molecule has 1 aromatic heterocycles. The number of benzene rings is 2. The molecule has 0 radical (unpaired) electrons. The molecule has 1 atom stereocenters. The van der Waals surface area contributed by atoms with Gasteiger partial charge >= 0.3 is 12.3 Å². The number of carboxylic acid groups (broad SMARTS) is 1. The number of hydrogen-bond donors (Lipinski definition) is 2. The molecule has 0 bridgehead atoms. The highest BCUT2D eigenvalue weighted by Crippen LogP contribution is 2.40. The molecule has 1 aliphatic heterocycles. The fourth-order valence-corrected chi connectivity index (χ4v) is 4.86. The number of nitrogens with one attached hydrogen (secondary N) is 1. The Morgan fingerprint density at radius 2 is 1.91 bits per heavy atom. The van der Waals surface area contributed by atoms with Crippen LogP contribution in [0.25, 0.3) is 0 Å². The second-order valence-electron chi connectivity index (χ2n) is 7.00. The molecular weight excluding hydrogens is 467 g/mol. The lowest BCUT2D eigenvalue weighted by Crippen LogP contribution is -2.45. The van der Waals surface area contributed by atoms with Crippen LogP contribution in [0.4, 0.5) is 29.3 Å². The van der Waals surface area contributed by atoms with Crippen molar-refractivity contribution in [3.05, 3.63) is 60.4 Å². The van der Waals surface area contributed by atoms with E-state index in [0.717, 1.165) is 22.5 Å². The molecule has 10 nitrogen and oxygen atoms in total. The van der Waals surface area contributed by atoms with E-state index in [1.807, 2.05) is 0 Å². The lowest BCUT2D eigenvalue weighted by molar-refractivity contribution is -0.137. The maximum Gasteiger partial charge on any atom is 0.416 e. The number of carbonyl (C=O) groups is 1. The normalized spacial score (nSPS) is 16.1. The lowest BCUT2D eigenvalue weighted by Gasteiger charge is -2.35. The summed E-state index contributed by atoms with van der Waals surface area (Å²) >= 11 is 0. The van der Waals surface area contributed by atoms with Crippen molar-refractivity contribution < 1.29 is 36.2 Å². The van der Waals surface area contributed by atoms with Crippen LogP contribution in [0, 0.1) is 0 Å².